The van der Waals surface area contributed by atoms with Crippen LogP contribution in [0.4, 0.5) is 0 Å². The summed E-state index contributed by atoms with van der Waals surface area (Å²) < 4.78 is 16.1. The molecule has 2 heterocycles. The van der Waals surface area contributed by atoms with Gasteiger partial charge in [0.1, 0.15) is 5.58 Å². The molecule has 2 aromatic carbocycles. The number of hydrogen-bond donors (Lipinski definition) is 1. The number of benzene rings is 2. The molecule has 5 nitrogen and oxygen atoms in total. The highest BCUT2D eigenvalue weighted by Gasteiger charge is 2.15. The Morgan fingerprint density at radius 3 is 2.87 bits per heavy atom. The van der Waals surface area contributed by atoms with E-state index in [4.69, 9.17) is 25.5 Å². The second kappa shape index (κ2) is 5.52. The predicted molar refractivity (Wildman–Crippen MR) is 85.0 cm³/mol. The van der Waals surface area contributed by atoms with Crippen LogP contribution in [0.15, 0.2) is 46.9 Å². The maximum Gasteiger partial charge on any atom is 0.287 e. The van der Waals surface area contributed by atoms with Gasteiger partial charge in [0.05, 0.1) is 0 Å². The van der Waals surface area contributed by atoms with E-state index in [1.165, 1.54) is 0 Å². The summed E-state index contributed by atoms with van der Waals surface area (Å²) in [5, 5.41) is 4.22. The normalized spacial score (nSPS) is 12.6. The zero-order chi connectivity index (χ0) is 15.8. The topological polar surface area (TPSA) is 60.7 Å². The summed E-state index contributed by atoms with van der Waals surface area (Å²) in [4.78, 5) is 12.2. The lowest BCUT2D eigenvalue weighted by atomic mass is 10.2. The number of amides is 1. The summed E-state index contributed by atoms with van der Waals surface area (Å²) in [5.74, 6) is 1.38. The van der Waals surface area contributed by atoms with E-state index < -0.39 is 0 Å². The number of nitrogens with one attached hydrogen (secondary N) is 1. The number of fused-ring (bicyclic) bond motifs is 2. The second-order valence-electron chi connectivity index (χ2n) is 5.16. The average Bonchev–Trinajstić information content (AvgIpc) is 3.17. The van der Waals surface area contributed by atoms with Gasteiger partial charge in [-0.1, -0.05) is 17.7 Å². The van der Waals surface area contributed by atoms with Crippen molar-refractivity contribution >= 4 is 28.5 Å². The lowest BCUT2D eigenvalue weighted by molar-refractivity contribution is 0.0925. The van der Waals surface area contributed by atoms with Crippen LogP contribution in [0.5, 0.6) is 11.5 Å². The molecule has 1 aliphatic heterocycles. The number of carbonyl (C=O) groups excluding carboxylic acids is 1. The molecule has 1 aliphatic rings. The molecule has 1 aromatic heterocycles. The summed E-state index contributed by atoms with van der Waals surface area (Å²) in [6.07, 6.45) is 0. The zero-order valence-electron chi connectivity index (χ0n) is 12.0. The number of furan rings is 1. The van der Waals surface area contributed by atoms with E-state index in [0.29, 0.717) is 28.6 Å². The molecule has 4 rings (SSSR count). The van der Waals surface area contributed by atoms with Gasteiger partial charge in [0.25, 0.3) is 5.91 Å². The molecule has 0 spiro atoms. The molecule has 0 atom stereocenters. The summed E-state index contributed by atoms with van der Waals surface area (Å²) >= 11 is 5.93. The van der Waals surface area contributed by atoms with E-state index >= 15 is 0 Å². The van der Waals surface area contributed by atoms with E-state index in [1.54, 1.807) is 24.3 Å². The molecule has 6 heteroatoms. The standard InChI is InChI=1S/C17H12ClNO4/c18-12-2-4-13-11(6-12)7-16(23-13)17(20)19-8-10-1-3-14-15(5-10)22-9-21-14/h1-7H,8-9H2,(H,19,20). The Balaban J connectivity index is 1.48. The van der Waals surface area contributed by atoms with Crippen LogP contribution in [0.1, 0.15) is 16.1 Å². The van der Waals surface area contributed by atoms with Gasteiger partial charge in [-0.3, -0.25) is 4.79 Å². The van der Waals surface area contributed by atoms with Crippen molar-refractivity contribution in [3.63, 3.8) is 0 Å². The Hall–Kier alpha value is -2.66. The minimum absolute atomic E-state index is 0.229. The van der Waals surface area contributed by atoms with Crippen molar-refractivity contribution in [3.8, 4) is 11.5 Å². The van der Waals surface area contributed by atoms with Crippen molar-refractivity contribution in [3.05, 3.63) is 58.8 Å². The first kappa shape index (κ1) is 14.0. The third-order valence-corrected chi connectivity index (χ3v) is 3.83. The van der Waals surface area contributed by atoms with Gasteiger partial charge in [0.15, 0.2) is 17.3 Å². The minimum atomic E-state index is -0.282. The molecule has 0 bridgehead atoms. The summed E-state index contributed by atoms with van der Waals surface area (Å²) in [6.45, 7) is 0.597. The third-order valence-electron chi connectivity index (χ3n) is 3.59. The molecule has 0 aliphatic carbocycles. The first-order chi connectivity index (χ1) is 11.2. The summed E-state index contributed by atoms with van der Waals surface area (Å²) in [6, 6.07) is 12.5. The quantitative estimate of drug-likeness (QED) is 0.795. The second-order valence-corrected chi connectivity index (χ2v) is 5.60. The lowest BCUT2D eigenvalue weighted by Crippen LogP contribution is -2.22. The molecule has 1 amide bonds. The third kappa shape index (κ3) is 2.71. The Kier molecular flexibility index (Phi) is 3.35. The smallest absolute Gasteiger partial charge is 0.287 e. The number of hydrogen-bond acceptors (Lipinski definition) is 4. The van der Waals surface area contributed by atoms with E-state index in [-0.39, 0.29) is 18.5 Å². The SMILES string of the molecule is O=C(NCc1ccc2c(c1)OCO2)c1cc2cc(Cl)ccc2o1. The monoisotopic (exact) mass is 329 g/mol. The van der Waals surface area contributed by atoms with Gasteiger partial charge in [-0.25, -0.2) is 0 Å². The molecular weight excluding hydrogens is 318 g/mol. The van der Waals surface area contributed by atoms with Crippen molar-refractivity contribution in [1.29, 1.82) is 0 Å². The van der Waals surface area contributed by atoms with Crippen LogP contribution in [-0.4, -0.2) is 12.7 Å². The maximum absolute atomic E-state index is 12.2. The molecule has 116 valence electrons. The summed E-state index contributed by atoms with van der Waals surface area (Å²) in [5.41, 5.74) is 1.55. The first-order valence-electron chi connectivity index (χ1n) is 7.05. The maximum atomic E-state index is 12.2. The molecule has 3 aromatic rings. The number of rotatable bonds is 3. The predicted octanol–water partition coefficient (Wildman–Crippen LogP) is 3.74. The van der Waals surface area contributed by atoms with Gasteiger partial charge >= 0.3 is 0 Å². The van der Waals surface area contributed by atoms with E-state index in [2.05, 4.69) is 5.32 Å². The molecule has 23 heavy (non-hydrogen) atoms. The van der Waals surface area contributed by atoms with E-state index in [0.717, 1.165) is 10.9 Å². The molecule has 0 saturated heterocycles. The van der Waals surface area contributed by atoms with Gasteiger partial charge in [0, 0.05) is 17.0 Å². The van der Waals surface area contributed by atoms with Crippen LogP contribution in [0, 0.1) is 0 Å². The van der Waals surface area contributed by atoms with Gasteiger partial charge in [-0.2, -0.15) is 0 Å². The molecule has 0 saturated carbocycles. The molecule has 0 fully saturated rings. The van der Waals surface area contributed by atoms with E-state index in [1.807, 2.05) is 18.2 Å². The van der Waals surface area contributed by atoms with Crippen LogP contribution in [0.25, 0.3) is 11.0 Å². The van der Waals surface area contributed by atoms with Crippen LogP contribution in [0.3, 0.4) is 0 Å². The van der Waals surface area contributed by atoms with Crippen LogP contribution < -0.4 is 14.8 Å². The van der Waals surface area contributed by atoms with Crippen molar-refractivity contribution in [1.82, 2.24) is 5.32 Å². The van der Waals surface area contributed by atoms with Gasteiger partial charge < -0.3 is 19.2 Å². The average molecular weight is 330 g/mol. The molecule has 0 unspecified atom stereocenters. The Bertz CT molecular complexity index is 903. The first-order valence-corrected chi connectivity index (χ1v) is 7.43. The fraction of sp³-hybridized carbons (Fsp3) is 0.118. The fourth-order valence-electron chi connectivity index (χ4n) is 2.45. The van der Waals surface area contributed by atoms with Crippen molar-refractivity contribution < 1.29 is 18.7 Å². The number of carbonyl (C=O) groups is 1. The largest absolute Gasteiger partial charge is 0.454 e. The Morgan fingerprint density at radius 1 is 1.09 bits per heavy atom. The Morgan fingerprint density at radius 2 is 1.96 bits per heavy atom. The van der Waals surface area contributed by atoms with E-state index in [9.17, 15) is 4.79 Å². The lowest BCUT2D eigenvalue weighted by Gasteiger charge is -2.04. The highest BCUT2D eigenvalue weighted by Crippen LogP contribution is 2.32. The molecule has 0 radical (unpaired) electrons. The fourth-order valence-corrected chi connectivity index (χ4v) is 2.63. The zero-order valence-corrected chi connectivity index (χ0v) is 12.7. The van der Waals surface area contributed by atoms with Crippen LogP contribution >= 0.6 is 11.6 Å². The Labute approximate surface area is 136 Å². The molecule has 1 N–H and O–H groups in total. The van der Waals surface area contributed by atoms with Crippen LogP contribution in [0.2, 0.25) is 5.02 Å². The van der Waals surface area contributed by atoms with Crippen molar-refractivity contribution in [2.75, 3.05) is 6.79 Å². The van der Waals surface area contributed by atoms with Gasteiger partial charge in [0.2, 0.25) is 6.79 Å². The molecular formula is C17H12ClNO4. The highest BCUT2D eigenvalue weighted by molar-refractivity contribution is 6.31. The number of ether oxygens (including phenoxy) is 2. The van der Waals surface area contributed by atoms with Crippen molar-refractivity contribution in [2.24, 2.45) is 0 Å². The minimum Gasteiger partial charge on any atom is -0.454 e. The van der Waals surface area contributed by atoms with Crippen molar-refractivity contribution in [2.45, 2.75) is 6.54 Å². The highest BCUT2D eigenvalue weighted by atomic mass is 35.5. The number of halogens is 1. The van der Waals surface area contributed by atoms with Gasteiger partial charge in [-0.15, -0.1) is 0 Å². The summed E-state index contributed by atoms with van der Waals surface area (Å²) in [7, 11) is 0. The van der Waals surface area contributed by atoms with Crippen LogP contribution in [-0.2, 0) is 6.54 Å². The van der Waals surface area contributed by atoms with Gasteiger partial charge in [-0.05, 0) is 42.0 Å².